The maximum absolute atomic E-state index is 13.1. The molecule has 3 aromatic rings. The van der Waals surface area contributed by atoms with E-state index in [9.17, 15) is 19.2 Å². The largest absolute Gasteiger partial charge is 0.352 e. The molecule has 0 unspecified atom stereocenters. The van der Waals surface area contributed by atoms with Gasteiger partial charge < -0.3 is 21.3 Å². The third-order valence-electron chi connectivity index (χ3n) is 5.66. The number of hydrogen-bond acceptors (Lipinski definition) is 5. The molecule has 0 fully saturated rings. The number of rotatable bonds is 12. The van der Waals surface area contributed by atoms with E-state index in [0.29, 0.717) is 46.9 Å². The fourth-order valence-corrected chi connectivity index (χ4v) is 3.87. The van der Waals surface area contributed by atoms with Crippen LogP contribution in [-0.4, -0.2) is 35.5 Å². The Labute approximate surface area is 231 Å². The highest BCUT2D eigenvalue weighted by atomic mass is 35.5. The second-order valence-corrected chi connectivity index (χ2v) is 9.06. The van der Waals surface area contributed by atoms with E-state index in [4.69, 9.17) is 16.8 Å². The third-order valence-corrected chi connectivity index (χ3v) is 5.89. The maximum atomic E-state index is 13.1. The molecule has 39 heavy (non-hydrogen) atoms. The van der Waals surface area contributed by atoms with Crippen LogP contribution in [0.1, 0.15) is 47.6 Å². The number of anilines is 2. The van der Waals surface area contributed by atoms with Gasteiger partial charge in [0.15, 0.2) is 0 Å². The molecule has 1 atom stereocenters. The van der Waals surface area contributed by atoms with Crippen LogP contribution in [0.2, 0.25) is 5.02 Å². The van der Waals surface area contributed by atoms with Crippen LogP contribution in [0, 0.1) is 0 Å². The second kappa shape index (κ2) is 15.1. The van der Waals surface area contributed by atoms with Gasteiger partial charge in [0.2, 0.25) is 5.91 Å². The minimum absolute atomic E-state index is 0.227. The van der Waals surface area contributed by atoms with Crippen LogP contribution < -0.4 is 26.7 Å². The van der Waals surface area contributed by atoms with Gasteiger partial charge in [0, 0.05) is 34.9 Å². The molecule has 0 aliphatic carbocycles. The van der Waals surface area contributed by atoms with Crippen LogP contribution in [-0.2, 0) is 9.59 Å². The van der Waals surface area contributed by atoms with E-state index < -0.39 is 23.9 Å². The Kier molecular flexibility index (Phi) is 11.3. The molecular weight excluding hydrogens is 522 g/mol. The highest BCUT2D eigenvalue weighted by Gasteiger charge is 2.23. The predicted molar refractivity (Wildman–Crippen MR) is 149 cm³/mol. The van der Waals surface area contributed by atoms with Crippen molar-refractivity contribution < 1.29 is 24.4 Å². The molecule has 0 heterocycles. The number of hydrogen-bond donors (Lipinski definition) is 6. The zero-order valence-corrected chi connectivity index (χ0v) is 21.8. The Hall–Kier alpha value is -4.41. The summed E-state index contributed by atoms with van der Waals surface area (Å²) >= 11 is 6.01. The summed E-state index contributed by atoms with van der Waals surface area (Å²) in [6.07, 6.45) is 2.26. The zero-order chi connectivity index (χ0) is 28.0. The van der Waals surface area contributed by atoms with Gasteiger partial charge in [0.1, 0.15) is 6.04 Å². The summed E-state index contributed by atoms with van der Waals surface area (Å²) < 4.78 is 0. The number of hydroxylamine groups is 1. The van der Waals surface area contributed by atoms with Crippen molar-refractivity contribution in [1.82, 2.24) is 16.1 Å². The van der Waals surface area contributed by atoms with Gasteiger partial charge in [-0.05, 0) is 60.9 Å². The molecule has 0 spiro atoms. The molecule has 0 aliphatic heterocycles. The van der Waals surface area contributed by atoms with Crippen molar-refractivity contribution in [2.75, 3.05) is 17.2 Å². The lowest BCUT2D eigenvalue weighted by Crippen LogP contribution is -2.39. The van der Waals surface area contributed by atoms with Crippen molar-refractivity contribution in [3.05, 3.63) is 95.0 Å². The molecule has 5 amide bonds. The number of unbranched alkanes of at least 4 members (excludes halogenated alkanes) is 2. The number of carbonyl (C=O) groups is 4. The molecule has 0 bridgehead atoms. The summed E-state index contributed by atoms with van der Waals surface area (Å²) in [5.41, 5.74) is 3.53. The number of halogens is 1. The first kappa shape index (κ1) is 29.2. The number of urea groups is 1. The van der Waals surface area contributed by atoms with Gasteiger partial charge in [0.05, 0.1) is 0 Å². The van der Waals surface area contributed by atoms with Gasteiger partial charge in [-0.2, -0.15) is 0 Å². The Morgan fingerprint density at radius 3 is 2.23 bits per heavy atom. The highest BCUT2D eigenvalue weighted by Crippen LogP contribution is 2.19. The van der Waals surface area contributed by atoms with E-state index in [1.165, 1.54) is 0 Å². The van der Waals surface area contributed by atoms with Gasteiger partial charge in [-0.25, -0.2) is 10.3 Å². The number of nitrogens with one attached hydrogen (secondary N) is 5. The number of amides is 5. The molecule has 0 aliphatic rings. The lowest BCUT2D eigenvalue weighted by molar-refractivity contribution is -0.129. The van der Waals surface area contributed by atoms with Crippen LogP contribution in [0.25, 0.3) is 0 Å². The molecule has 6 N–H and O–H groups in total. The van der Waals surface area contributed by atoms with E-state index in [2.05, 4.69) is 21.3 Å². The lowest BCUT2D eigenvalue weighted by atomic mass is 10.1. The minimum Gasteiger partial charge on any atom is -0.352 e. The molecular formula is C28H30ClN5O5. The van der Waals surface area contributed by atoms with Crippen molar-refractivity contribution in [3.8, 4) is 0 Å². The maximum Gasteiger partial charge on any atom is 0.320 e. The van der Waals surface area contributed by atoms with Crippen molar-refractivity contribution in [3.63, 3.8) is 0 Å². The summed E-state index contributed by atoms with van der Waals surface area (Å²) in [6, 6.07) is 20.3. The molecule has 0 saturated carbocycles. The van der Waals surface area contributed by atoms with E-state index in [0.717, 1.165) is 6.42 Å². The van der Waals surface area contributed by atoms with Crippen LogP contribution in [0.15, 0.2) is 78.9 Å². The Morgan fingerprint density at radius 1 is 0.795 bits per heavy atom. The van der Waals surface area contributed by atoms with E-state index >= 15 is 0 Å². The standard InChI is InChI=1S/C28H30ClN5O5/c29-21-10-7-11-23(18-21)31-27(37)25(19-8-3-1-4-9-19)33-28(38)32-22-15-13-20(14-16-22)26(36)30-17-6-2-5-12-24(35)34-39/h1,3-4,7-11,13-16,18,25,39H,2,5-6,12,17H2,(H,30,36)(H,31,37)(H,34,35)(H2,32,33,38)/t25-/m0/s1. The second-order valence-electron chi connectivity index (χ2n) is 8.62. The fraction of sp³-hybridized carbons (Fsp3) is 0.214. The van der Waals surface area contributed by atoms with Crippen LogP contribution >= 0.6 is 11.6 Å². The molecule has 0 radical (unpaired) electrons. The van der Waals surface area contributed by atoms with Crippen LogP contribution in [0.3, 0.4) is 0 Å². The minimum atomic E-state index is -0.978. The molecule has 0 saturated heterocycles. The SMILES string of the molecule is O=C(CCCCCNC(=O)c1ccc(NC(=O)N[C@H](C(=O)Nc2cccc(Cl)c2)c2ccccc2)cc1)NO. The fourth-order valence-electron chi connectivity index (χ4n) is 3.68. The summed E-state index contributed by atoms with van der Waals surface area (Å²) in [5.74, 6) is -1.14. The van der Waals surface area contributed by atoms with E-state index in [1.807, 2.05) is 6.07 Å². The summed E-state index contributed by atoms with van der Waals surface area (Å²) in [4.78, 5) is 49.2. The van der Waals surface area contributed by atoms with Crippen molar-refractivity contribution >= 4 is 46.7 Å². The third kappa shape index (κ3) is 9.76. The van der Waals surface area contributed by atoms with Gasteiger partial charge in [-0.3, -0.25) is 19.6 Å². The topological polar surface area (TPSA) is 149 Å². The first-order valence-electron chi connectivity index (χ1n) is 12.4. The Bertz CT molecular complexity index is 1270. The van der Waals surface area contributed by atoms with Gasteiger partial charge in [0.25, 0.3) is 11.8 Å². The summed E-state index contributed by atoms with van der Waals surface area (Å²) in [5, 5.41) is 19.9. The number of benzene rings is 3. The zero-order valence-electron chi connectivity index (χ0n) is 21.1. The molecule has 3 rings (SSSR count). The molecule has 10 nitrogen and oxygen atoms in total. The number of carbonyl (C=O) groups excluding carboxylic acids is 4. The van der Waals surface area contributed by atoms with Crippen LogP contribution in [0.5, 0.6) is 0 Å². The highest BCUT2D eigenvalue weighted by molar-refractivity contribution is 6.30. The van der Waals surface area contributed by atoms with E-state index in [-0.39, 0.29) is 12.3 Å². The van der Waals surface area contributed by atoms with Crippen molar-refractivity contribution in [2.24, 2.45) is 0 Å². The van der Waals surface area contributed by atoms with Crippen LogP contribution in [0.4, 0.5) is 16.2 Å². The Balaban J connectivity index is 1.53. The Morgan fingerprint density at radius 2 is 1.54 bits per heavy atom. The average molecular weight is 552 g/mol. The monoisotopic (exact) mass is 551 g/mol. The van der Waals surface area contributed by atoms with Crippen molar-refractivity contribution in [1.29, 1.82) is 0 Å². The lowest BCUT2D eigenvalue weighted by Gasteiger charge is -2.19. The first-order valence-corrected chi connectivity index (χ1v) is 12.7. The molecule has 3 aromatic carbocycles. The first-order chi connectivity index (χ1) is 18.9. The van der Waals surface area contributed by atoms with Gasteiger partial charge in [-0.15, -0.1) is 0 Å². The van der Waals surface area contributed by atoms with E-state index in [1.54, 1.807) is 78.3 Å². The van der Waals surface area contributed by atoms with Gasteiger partial charge >= 0.3 is 6.03 Å². The van der Waals surface area contributed by atoms with Crippen molar-refractivity contribution in [2.45, 2.75) is 31.7 Å². The smallest absolute Gasteiger partial charge is 0.320 e. The normalized spacial score (nSPS) is 11.1. The summed E-state index contributed by atoms with van der Waals surface area (Å²) in [6.45, 7) is 0.445. The predicted octanol–water partition coefficient (Wildman–Crippen LogP) is 4.64. The van der Waals surface area contributed by atoms with Gasteiger partial charge in [-0.1, -0.05) is 54.4 Å². The summed E-state index contributed by atoms with van der Waals surface area (Å²) in [7, 11) is 0. The molecule has 204 valence electrons. The average Bonchev–Trinajstić information content (AvgIpc) is 2.94. The molecule has 11 heteroatoms. The quantitative estimate of drug-likeness (QED) is 0.110. The molecule has 0 aromatic heterocycles.